The SMILES string of the molecule is COc1cccc(Nc2cc(-c3nc(N4CCNCC4)c4c(C5CC5)cncc4n3)ccn2)c1C. The van der Waals surface area contributed by atoms with E-state index in [1.165, 1.54) is 18.4 Å². The van der Waals surface area contributed by atoms with Crippen molar-refractivity contribution in [2.45, 2.75) is 25.7 Å². The van der Waals surface area contributed by atoms with Crippen LogP contribution >= 0.6 is 0 Å². The lowest BCUT2D eigenvalue weighted by molar-refractivity contribution is 0.412. The zero-order valence-corrected chi connectivity index (χ0v) is 20.1. The summed E-state index contributed by atoms with van der Waals surface area (Å²) in [5.41, 5.74) is 5.09. The number of nitrogens with zero attached hydrogens (tertiary/aromatic N) is 5. The summed E-state index contributed by atoms with van der Waals surface area (Å²) >= 11 is 0. The molecular formula is C27H29N7O. The zero-order valence-electron chi connectivity index (χ0n) is 20.1. The van der Waals surface area contributed by atoms with Crippen LogP contribution in [0.25, 0.3) is 22.3 Å². The Balaban J connectivity index is 1.42. The van der Waals surface area contributed by atoms with E-state index < -0.39 is 0 Å². The van der Waals surface area contributed by atoms with Crippen molar-refractivity contribution in [2.75, 3.05) is 43.5 Å². The number of anilines is 3. The molecule has 1 aliphatic heterocycles. The molecule has 1 saturated carbocycles. The first-order chi connectivity index (χ1) is 17.2. The summed E-state index contributed by atoms with van der Waals surface area (Å²) in [5.74, 6) is 3.85. The molecule has 0 atom stereocenters. The van der Waals surface area contributed by atoms with Gasteiger partial charge in [-0.15, -0.1) is 0 Å². The minimum absolute atomic E-state index is 0.574. The van der Waals surface area contributed by atoms with Gasteiger partial charge in [-0.1, -0.05) is 6.07 Å². The van der Waals surface area contributed by atoms with Crippen LogP contribution < -0.4 is 20.3 Å². The molecule has 1 saturated heterocycles. The average Bonchev–Trinajstić information content (AvgIpc) is 3.75. The van der Waals surface area contributed by atoms with E-state index in [1.54, 1.807) is 13.3 Å². The number of methoxy groups -OCH3 is 1. The highest BCUT2D eigenvalue weighted by atomic mass is 16.5. The maximum atomic E-state index is 5.46. The number of ether oxygens (including phenoxy) is 1. The summed E-state index contributed by atoms with van der Waals surface area (Å²) in [4.78, 5) is 21.6. The third-order valence-electron chi connectivity index (χ3n) is 6.84. The van der Waals surface area contributed by atoms with Gasteiger partial charge in [0.25, 0.3) is 0 Å². The molecule has 0 unspecified atom stereocenters. The van der Waals surface area contributed by atoms with Crippen molar-refractivity contribution < 1.29 is 4.74 Å². The van der Waals surface area contributed by atoms with Crippen molar-refractivity contribution in [3.63, 3.8) is 0 Å². The summed E-state index contributed by atoms with van der Waals surface area (Å²) in [6.07, 6.45) is 8.11. The highest BCUT2D eigenvalue weighted by molar-refractivity contribution is 5.94. The Bertz CT molecular complexity index is 1380. The number of hydrogen-bond acceptors (Lipinski definition) is 8. The van der Waals surface area contributed by atoms with E-state index in [2.05, 4.69) is 25.5 Å². The summed E-state index contributed by atoms with van der Waals surface area (Å²) in [6.45, 7) is 5.79. The van der Waals surface area contributed by atoms with Crippen LogP contribution in [0.1, 0.15) is 29.9 Å². The Kier molecular flexibility index (Phi) is 5.66. The zero-order chi connectivity index (χ0) is 23.8. The first-order valence-corrected chi connectivity index (χ1v) is 12.2. The summed E-state index contributed by atoms with van der Waals surface area (Å²) < 4.78 is 5.46. The molecule has 0 bridgehead atoms. The van der Waals surface area contributed by atoms with Crippen molar-refractivity contribution >= 4 is 28.2 Å². The van der Waals surface area contributed by atoms with Crippen molar-refractivity contribution in [3.8, 4) is 17.1 Å². The Morgan fingerprint density at radius 1 is 1.09 bits per heavy atom. The second-order valence-corrected chi connectivity index (χ2v) is 9.19. The second kappa shape index (κ2) is 9.11. The molecule has 4 aromatic rings. The molecule has 0 radical (unpaired) electrons. The Morgan fingerprint density at radius 2 is 1.94 bits per heavy atom. The number of piperazine rings is 1. The standard InChI is InChI=1S/C27H29N7O/c1-17-21(4-3-5-23(17)35-2)31-24-14-19(8-9-30-24)26-32-22-16-29-15-20(18-6-7-18)25(22)27(33-26)34-12-10-28-11-13-34/h3-5,8-9,14-16,18,28H,6-7,10-13H2,1-2H3,(H,30,31). The topological polar surface area (TPSA) is 88.1 Å². The molecule has 8 heteroatoms. The van der Waals surface area contributed by atoms with Gasteiger partial charge in [0.1, 0.15) is 17.4 Å². The molecule has 2 aliphatic rings. The minimum Gasteiger partial charge on any atom is -0.496 e. The van der Waals surface area contributed by atoms with Gasteiger partial charge in [0.05, 0.1) is 18.8 Å². The van der Waals surface area contributed by atoms with Gasteiger partial charge in [0.15, 0.2) is 5.82 Å². The molecule has 0 spiro atoms. The summed E-state index contributed by atoms with van der Waals surface area (Å²) in [5, 5.41) is 8.04. The molecule has 0 amide bonds. The number of pyridine rings is 2. The van der Waals surface area contributed by atoms with Crippen molar-refractivity contribution in [2.24, 2.45) is 0 Å². The van der Waals surface area contributed by atoms with Crippen molar-refractivity contribution in [3.05, 3.63) is 60.0 Å². The monoisotopic (exact) mass is 467 g/mol. The van der Waals surface area contributed by atoms with E-state index >= 15 is 0 Å². The van der Waals surface area contributed by atoms with Crippen LogP contribution in [0.5, 0.6) is 5.75 Å². The fourth-order valence-corrected chi connectivity index (χ4v) is 4.77. The van der Waals surface area contributed by atoms with E-state index in [-0.39, 0.29) is 0 Å². The van der Waals surface area contributed by atoms with Crippen molar-refractivity contribution in [1.82, 2.24) is 25.3 Å². The molecule has 178 valence electrons. The van der Waals surface area contributed by atoms with Gasteiger partial charge in [0.2, 0.25) is 0 Å². The van der Waals surface area contributed by atoms with Gasteiger partial charge in [-0.3, -0.25) is 4.98 Å². The van der Waals surface area contributed by atoms with Gasteiger partial charge in [-0.25, -0.2) is 15.0 Å². The highest BCUT2D eigenvalue weighted by Gasteiger charge is 2.29. The molecule has 2 N–H and O–H groups in total. The van der Waals surface area contributed by atoms with E-state index in [0.717, 1.165) is 71.3 Å². The van der Waals surface area contributed by atoms with Crippen LogP contribution in [0.15, 0.2) is 48.9 Å². The lowest BCUT2D eigenvalue weighted by Crippen LogP contribution is -2.44. The molecule has 3 aromatic heterocycles. The smallest absolute Gasteiger partial charge is 0.162 e. The van der Waals surface area contributed by atoms with E-state index in [1.807, 2.05) is 49.6 Å². The van der Waals surface area contributed by atoms with Crippen LogP contribution in [-0.4, -0.2) is 53.2 Å². The van der Waals surface area contributed by atoms with E-state index in [4.69, 9.17) is 14.7 Å². The number of benzene rings is 1. The molecule has 6 rings (SSSR count). The van der Waals surface area contributed by atoms with Gasteiger partial charge < -0.3 is 20.3 Å². The molecule has 1 aliphatic carbocycles. The Morgan fingerprint density at radius 3 is 2.74 bits per heavy atom. The largest absolute Gasteiger partial charge is 0.496 e. The predicted molar refractivity (Wildman–Crippen MR) is 139 cm³/mol. The lowest BCUT2D eigenvalue weighted by atomic mass is 10.1. The normalized spacial score (nSPS) is 15.9. The quantitative estimate of drug-likeness (QED) is 0.431. The number of fused-ring (bicyclic) bond motifs is 1. The summed E-state index contributed by atoms with van der Waals surface area (Å²) in [6, 6.07) is 9.90. The average molecular weight is 468 g/mol. The molecule has 8 nitrogen and oxygen atoms in total. The fraction of sp³-hybridized carbons (Fsp3) is 0.333. The number of aromatic nitrogens is 4. The van der Waals surface area contributed by atoms with Gasteiger partial charge in [0, 0.05) is 60.8 Å². The van der Waals surface area contributed by atoms with Crippen LogP contribution in [0, 0.1) is 6.92 Å². The molecule has 35 heavy (non-hydrogen) atoms. The van der Waals surface area contributed by atoms with Gasteiger partial charge >= 0.3 is 0 Å². The number of nitrogens with one attached hydrogen (secondary N) is 2. The van der Waals surface area contributed by atoms with Gasteiger partial charge in [-0.2, -0.15) is 0 Å². The van der Waals surface area contributed by atoms with E-state index in [9.17, 15) is 0 Å². The maximum Gasteiger partial charge on any atom is 0.162 e. The first-order valence-electron chi connectivity index (χ1n) is 12.2. The van der Waals surface area contributed by atoms with Crippen LogP contribution in [0.3, 0.4) is 0 Å². The number of hydrogen-bond donors (Lipinski definition) is 2. The first kappa shape index (κ1) is 21.7. The Labute approximate surface area is 204 Å². The molecule has 4 heterocycles. The minimum atomic E-state index is 0.574. The van der Waals surface area contributed by atoms with Crippen LogP contribution in [0.4, 0.5) is 17.3 Å². The summed E-state index contributed by atoms with van der Waals surface area (Å²) in [7, 11) is 1.68. The third kappa shape index (κ3) is 4.25. The number of rotatable bonds is 6. The second-order valence-electron chi connectivity index (χ2n) is 9.19. The van der Waals surface area contributed by atoms with Crippen LogP contribution in [0.2, 0.25) is 0 Å². The molecule has 2 fully saturated rings. The van der Waals surface area contributed by atoms with Gasteiger partial charge in [-0.05, 0) is 55.5 Å². The highest BCUT2D eigenvalue weighted by Crippen LogP contribution is 2.44. The van der Waals surface area contributed by atoms with Crippen LogP contribution in [-0.2, 0) is 0 Å². The predicted octanol–water partition coefficient (Wildman–Crippen LogP) is 4.43. The van der Waals surface area contributed by atoms with E-state index in [0.29, 0.717) is 11.7 Å². The lowest BCUT2D eigenvalue weighted by Gasteiger charge is -2.30. The Hall–Kier alpha value is -3.78. The fourth-order valence-electron chi connectivity index (χ4n) is 4.77. The maximum absolute atomic E-state index is 5.46. The molecular weight excluding hydrogens is 438 g/mol. The van der Waals surface area contributed by atoms with Crippen molar-refractivity contribution in [1.29, 1.82) is 0 Å². The molecule has 1 aromatic carbocycles. The third-order valence-corrected chi connectivity index (χ3v) is 6.84.